The minimum atomic E-state index is -0.664. The maximum Gasteiger partial charge on any atom is 0.303 e. The third-order valence-corrected chi connectivity index (χ3v) is 5.73. The molecule has 0 bridgehead atoms. The maximum atomic E-state index is 10.3. The van der Waals surface area contributed by atoms with Gasteiger partial charge in [0.2, 0.25) is 0 Å². The third kappa shape index (κ3) is 23.4. The van der Waals surface area contributed by atoms with Gasteiger partial charge in [-0.3, -0.25) is 10.1 Å². The quantitative estimate of drug-likeness (QED) is 0.129. The van der Waals surface area contributed by atoms with Crippen LogP contribution in [0.4, 0.5) is 0 Å². The van der Waals surface area contributed by atoms with Crippen LogP contribution in [0.25, 0.3) is 0 Å². The highest BCUT2D eigenvalue weighted by molar-refractivity contribution is 5.66. The average molecular weight is 426 g/mol. The summed E-state index contributed by atoms with van der Waals surface area (Å²) in [7, 11) is 0. The van der Waals surface area contributed by atoms with Crippen molar-refractivity contribution in [3.05, 3.63) is 12.2 Å². The first kappa shape index (κ1) is 29.1. The standard InChI is InChI=1S/C18H34O2.C8H17NO/c1-2-3-4-5-6-7-8-9-10-11-12-13-14-15-16-17-18(19)20;1-7(10)9-8-5-3-2-4-6-8/h9-10H,2-8,11-17H2,1H3,(H,19,20);7-10H,2-6H2,1H3/b10-9-;. The van der Waals surface area contributed by atoms with Crippen LogP contribution in [0.3, 0.4) is 0 Å². The highest BCUT2D eigenvalue weighted by atomic mass is 16.4. The molecule has 0 aromatic carbocycles. The van der Waals surface area contributed by atoms with E-state index in [-0.39, 0.29) is 6.23 Å². The first-order valence-electron chi connectivity index (χ1n) is 12.9. The minimum absolute atomic E-state index is 0.330. The number of nitrogens with one attached hydrogen (secondary N) is 1. The number of allylic oxidation sites excluding steroid dienone is 2. The first-order valence-corrected chi connectivity index (χ1v) is 12.9. The fourth-order valence-electron chi connectivity index (χ4n) is 3.96. The second-order valence-corrected chi connectivity index (χ2v) is 8.91. The van der Waals surface area contributed by atoms with Gasteiger partial charge in [0.05, 0.1) is 0 Å². The molecule has 1 saturated carbocycles. The predicted octanol–water partition coefficient (Wildman–Crippen LogP) is 7.36. The number of carboxylic acids is 1. The SMILES string of the molecule is CC(O)NC1CCCCC1.CCCCCCCC/C=C\CCCCCCCC(=O)O. The first-order chi connectivity index (χ1) is 14.6. The van der Waals surface area contributed by atoms with Crippen LogP contribution in [0.2, 0.25) is 0 Å². The Hall–Kier alpha value is -0.870. The number of carboxylic acid groups (broad SMARTS) is 1. The molecule has 178 valence electrons. The Morgan fingerprint density at radius 2 is 1.37 bits per heavy atom. The van der Waals surface area contributed by atoms with Crippen LogP contribution in [-0.4, -0.2) is 28.5 Å². The molecule has 0 radical (unpaired) electrons. The zero-order chi connectivity index (χ0) is 22.3. The molecule has 0 aliphatic heterocycles. The van der Waals surface area contributed by atoms with Gasteiger partial charge >= 0.3 is 5.97 Å². The molecule has 0 heterocycles. The van der Waals surface area contributed by atoms with Gasteiger partial charge < -0.3 is 10.2 Å². The van der Waals surface area contributed by atoms with E-state index in [1.807, 2.05) is 0 Å². The Morgan fingerprint density at radius 1 is 0.867 bits per heavy atom. The molecule has 0 aromatic rings. The van der Waals surface area contributed by atoms with Crippen molar-refractivity contribution in [1.82, 2.24) is 5.32 Å². The van der Waals surface area contributed by atoms with E-state index in [0.29, 0.717) is 12.5 Å². The summed E-state index contributed by atoms with van der Waals surface area (Å²) in [6, 6.07) is 0.578. The Kier molecular flexibility index (Phi) is 22.1. The molecular weight excluding hydrogens is 374 g/mol. The minimum Gasteiger partial charge on any atom is -0.481 e. The van der Waals surface area contributed by atoms with Gasteiger partial charge in [-0.05, 0) is 51.9 Å². The van der Waals surface area contributed by atoms with Crippen molar-refractivity contribution in [3.8, 4) is 0 Å². The monoisotopic (exact) mass is 425 g/mol. The van der Waals surface area contributed by atoms with E-state index >= 15 is 0 Å². The van der Waals surface area contributed by atoms with Gasteiger partial charge in [0.15, 0.2) is 0 Å². The Balaban J connectivity index is 0.000000696. The summed E-state index contributed by atoms with van der Waals surface area (Å²) >= 11 is 0. The molecule has 0 aromatic heterocycles. The molecule has 1 atom stereocenters. The number of hydrogen-bond acceptors (Lipinski definition) is 3. The number of hydrogen-bond donors (Lipinski definition) is 3. The van der Waals surface area contributed by atoms with E-state index in [2.05, 4.69) is 24.4 Å². The van der Waals surface area contributed by atoms with Gasteiger partial charge in [-0.25, -0.2) is 0 Å². The van der Waals surface area contributed by atoms with Gasteiger partial charge in [0.25, 0.3) is 0 Å². The molecule has 0 spiro atoms. The summed E-state index contributed by atoms with van der Waals surface area (Å²) in [5.41, 5.74) is 0. The number of aliphatic carboxylic acids is 1. The molecule has 30 heavy (non-hydrogen) atoms. The van der Waals surface area contributed by atoms with Crippen molar-refractivity contribution < 1.29 is 15.0 Å². The molecule has 0 saturated heterocycles. The van der Waals surface area contributed by atoms with E-state index in [4.69, 9.17) is 10.2 Å². The fraction of sp³-hybridized carbons (Fsp3) is 0.885. The second-order valence-electron chi connectivity index (χ2n) is 8.91. The second kappa shape index (κ2) is 22.8. The number of unbranched alkanes of at least 4 members (excludes halogenated alkanes) is 11. The van der Waals surface area contributed by atoms with Gasteiger partial charge in [0, 0.05) is 12.5 Å². The summed E-state index contributed by atoms with van der Waals surface area (Å²) < 4.78 is 0. The Morgan fingerprint density at radius 3 is 1.87 bits per heavy atom. The van der Waals surface area contributed by atoms with Gasteiger partial charge in [-0.1, -0.05) is 89.7 Å². The van der Waals surface area contributed by atoms with Crippen molar-refractivity contribution in [2.75, 3.05) is 0 Å². The lowest BCUT2D eigenvalue weighted by Gasteiger charge is -2.24. The zero-order valence-corrected chi connectivity index (χ0v) is 20.0. The van der Waals surface area contributed by atoms with Crippen molar-refractivity contribution in [2.24, 2.45) is 0 Å². The molecule has 4 nitrogen and oxygen atoms in total. The van der Waals surface area contributed by atoms with Crippen LogP contribution < -0.4 is 5.32 Å². The van der Waals surface area contributed by atoms with Gasteiger partial charge in [-0.2, -0.15) is 0 Å². The lowest BCUT2D eigenvalue weighted by Crippen LogP contribution is -2.37. The number of rotatable bonds is 17. The smallest absolute Gasteiger partial charge is 0.303 e. The van der Waals surface area contributed by atoms with Crippen molar-refractivity contribution in [1.29, 1.82) is 0 Å². The largest absolute Gasteiger partial charge is 0.481 e. The van der Waals surface area contributed by atoms with E-state index < -0.39 is 5.97 Å². The highest BCUT2D eigenvalue weighted by Crippen LogP contribution is 2.17. The van der Waals surface area contributed by atoms with Crippen LogP contribution in [0.15, 0.2) is 12.2 Å². The lowest BCUT2D eigenvalue weighted by atomic mass is 9.95. The molecule has 0 amide bonds. The molecule has 3 N–H and O–H groups in total. The van der Waals surface area contributed by atoms with Crippen LogP contribution in [-0.2, 0) is 4.79 Å². The van der Waals surface area contributed by atoms with Gasteiger partial charge in [0.1, 0.15) is 6.23 Å². The van der Waals surface area contributed by atoms with Crippen LogP contribution >= 0.6 is 0 Å². The molecule has 1 aliphatic rings. The van der Waals surface area contributed by atoms with E-state index in [9.17, 15) is 4.79 Å². The molecule has 4 heteroatoms. The summed E-state index contributed by atoms with van der Waals surface area (Å²) in [5, 5.41) is 20.6. The molecular formula is C26H51NO3. The number of carbonyl (C=O) groups is 1. The Bertz CT molecular complexity index is 390. The number of aliphatic hydroxyl groups is 1. The van der Waals surface area contributed by atoms with Crippen molar-refractivity contribution in [2.45, 2.75) is 148 Å². The summed E-state index contributed by atoms with van der Waals surface area (Å²) in [6.45, 7) is 4.05. The molecule has 1 aliphatic carbocycles. The van der Waals surface area contributed by atoms with E-state index in [1.54, 1.807) is 6.92 Å². The van der Waals surface area contributed by atoms with Gasteiger partial charge in [-0.15, -0.1) is 0 Å². The van der Waals surface area contributed by atoms with Crippen LogP contribution in [0, 0.1) is 0 Å². The van der Waals surface area contributed by atoms with Crippen molar-refractivity contribution >= 4 is 5.97 Å². The molecule has 1 unspecified atom stereocenters. The molecule has 1 rings (SSSR count). The summed E-state index contributed by atoms with van der Waals surface area (Å²) in [6.07, 6.45) is 27.4. The normalized spacial score (nSPS) is 15.7. The number of aliphatic hydroxyl groups excluding tert-OH is 1. The van der Waals surface area contributed by atoms with Crippen molar-refractivity contribution in [3.63, 3.8) is 0 Å². The van der Waals surface area contributed by atoms with E-state index in [1.165, 1.54) is 103 Å². The zero-order valence-electron chi connectivity index (χ0n) is 20.0. The Labute approximate surface area is 186 Å². The predicted molar refractivity (Wildman–Crippen MR) is 129 cm³/mol. The lowest BCUT2D eigenvalue weighted by molar-refractivity contribution is -0.137. The fourth-order valence-corrected chi connectivity index (χ4v) is 3.96. The topological polar surface area (TPSA) is 69.6 Å². The maximum absolute atomic E-state index is 10.3. The molecule has 1 fully saturated rings. The summed E-state index contributed by atoms with van der Waals surface area (Å²) in [5.74, 6) is -0.664. The van der Waals surface area contributed by atoms with Crippen LogP contribution in [0.1, 0.15) is 136 Å². The average Bonchev–Trinajstić information content (AvgIpc) is 2.71. The van der Waals surface area contributed by atoms with E-state index in [0.717, 1.165) is 12.8 Å². The third-order valence-electron chi connectivity index (χ3n) is 5.73. The van der Waals surface area contributed by atoms with Crippen LogP contribution in [0.5, 0.6) is 0 Å². The highest BCUT2D eigenvalue weighted by Gasteiger charge is 2.13. The summed E-state index contributed by atoms with van der Waals surface area (Å²) in [4.78, 5) is 10.3.